The first-order valence-corrected chi connectivity index (χ1v) is 7.19. The molecule has 0 fully saturated rings. The lowest BCUT2D eigenvalue weighted by atomic mass is 10.0. The van der Waals surface area contributed by atoms with Crippen LogP contribution < -0.4 is 5.32 Å². The minimum Gasteiger partial charge on any atom is -0.464 e. The van der Waals surface area contributed by atoms with Crippen molar-refractivity contribution >= 4 is 5.91 Å². The highest BCUT2D eigenvalue weighted by molar-refractivity contribution is 5.76. The Bertz CT molecular complexity index is 503. The van der Waals surface area contributed by atoms with E-state index in [0.717, 1.165) is 23.3 Å². The quantitative estimate of drug-likeness (QED) is 0.893. The maximum atomic E-state index is 11.4. The van der Waals surface area contributed by atoms with Gasteiger partial charge in [0.2, 0.25) is 5.91 Å². The fourth-order valence-corrected chi connectivity index (χ4v) is 1.87. The van der Waals surface area contributed by atoms with Gasteiger partial charge in [-0.2, -0.15) is 0 Å². The lowest BCUT2D eigenvalue weighted by molar-refractivity contribution is -0.120. The van der Waals surface area contributed by atoms with Crippen molar-refractivity contribution in [1.82, 2.24) is 5.32 Å². The van der Waals surface area contributed by atoms with E-state index in [1.165, 1.54) is 0 Å². The van der Waals surface area contributed by atoms with Crippen molar-refractivity contribution in [2.45, 2.75) is 33.6 Å². The highest BCUT2D eigenvalue weighted by Gasteiger charge is 2.04. The number of nitrogens with one attached hydrogen (secondary N) is 1. The molecule has 0 saturated carbocycles. The van der Waals surface area contributed by atoms with Gasteiger partial charge in [0.05, 0.1) is 6.26 Å². The summed E-state index contributed by atoms with van der Waals surface area (Å²) >= 11 is 0. The normalized spacial score (nSPS) is 9.55. The summed E-state index contributed by atoms with van der Waals surface area (Å²) in [5.74, 6) is 0.954. The number of carbonyl (C=O) groups excluding carboxylic acids is 1. The summed E-state index contributed by atoms with van der Waals surface area (Å²) in [5, 5.41) is 2.80. The third-order valence-corrected chi connectivity index (χ3v) is 2.75. The maximum Gasteiger partial charge on any atom is 0.220 e. The molecule has 2 aromatic rings. The summed E-state index contributed by atoms with van der Waals surface area (Å²) in [6, 6.07) is 11.9. The molecule has 108 valence electrons. The Balaban J connectivity index is 0.000000956. The third kappa shape index (κ3) is 4.92. The molecular formula is C17H23NO2. The van der Waals surface area contributed by atoms with Crippen molar-refractivity contribution in [3.05, 3.63) is 48.2 Å². The molecule has 1 N–H and O–H groups in total. The van der Waals surface area contributed by atoms with Crippen molar-refractivity contribution in [1.29, 1.82) is 0 Å². The van der Waals surface area contributed by atoms with E-state index >= 15 is 0 Å². The molecule has 3 nitrogen and oxygen atoms in total. The minimum absolute atomic E-state index is 0.0981. The topological polar surface area (TPSA) is 42.2 Å². The van der Waals surface area contributed by atoms with Gasteiger partial charge in [-0.05, 0) is 37.1 Å². The number of rotatable bonds is 5. The monoisotopic (exact) mass is 273 g/mol. The summed E-state index contributed by atoms with van der Waals surface area (Å²) in [6.07, 6.45) is 2.94. The molecule has 2 rings (SSSR count). The molecule has 0 aliphatic heterocycles. The zero-order valence-electron chi connectivity index (χ0n) is 12.5. The Hall–Kier alpha value is -2.03. The fraction of sp³-hybridized carbons (Fsp3) is 0.353. The maximum absolute atomic E-state index is 11.4. The predicted molar refractivity (Wildman–Crippen MR) is 82.5 cm³/mol. The standard InChI is InChI=1S/C15H17NO2.C2H6/c1-2-16-15(17)9-8-12-5-3-6-13(11-12)14-7-4-10-18-14;1-2/h3-7,10-11H,2,8-9H2,1H3,(H,16,17);1-2H3. The van der Waals surface area contributed by atoms with Crippen LogP contribution in [0.3, 0.4) is 0 Å². The lowest BCUT2D eigenvalue weighted by Gasteiger charge is -2.04. The molecule has 0 unspecified atom stereocenters. The summed E-state index contributed by atoms with van der Waals surface area (Å²) in [6.45, 7) is 6.61. The van der Waals surface area contributed by atoms with Gasteiger partial charge in [-0.25, -0.2) is 0 Å². The van der Waals surface area contributed by atoms with Gasteiger partial charge in [-0.3, -0.25) is 4.79 Å². The molecule has 1 aromatic heterocycles. The summed E-state index contributed by atoms with van der Waals surface area (Å²) in [4.78, 5) is 11.4. The first-order chi connectivity index (χ1) is 9.79. The second kappa shape index (κ2) is 8.97. The molecule has 0 aliphatic carbocycles. The smallest absolute Gasteiger partial charge is 0.220 e. The van der Waals surface area contributed by atoms with Gasteiger partial charge in [0.15, 0.2) is 0 Å². The van der Waals surface area contributed by atoms with E-state index in [4.69, 9.17) is 4.42 Å². The van der Waals surface area contributed by atoms with E-state index in [-0.39, 0.29) is 5.91 Å². The summed E-state index contributed by atoms with van der Waals surface area (Å²) in [7, 11) is 0. The molecule has 0 bridgehead atoms. The average molecular weight is 273 g/mol. The van der Waals surface area contributed by atoms with E-state index in [0.29, 0.717) is 13.0 Å². The Kier molecular flexibility index (Phi) is 7.18. The van der Waals surface area contributed by atoms with Crippen molar-refractivity contribution < 1.29 is 9.21 Å². The van der Waals surface area contributed by atoms with E-state index in [9.17, 15) is 4.79 Å². The van der Waals surface area contributed by atoms with Gasteiger partial charge in [-0.1, -0.05) is 32.0 Å². The van der Waals surface area contributed by atoms with Crippen LogP contribution in [0.5, 0.6) is 0 Å². The van der Waals surface area contributed by atoms with Crippen LogP contribution >= 0.6 is 0 Å². The molecule has 0 saturated heterocycles. The number of carbonyl (C=O) groups is 1. The van der Waals surface area contributed by atoms with Gasteiger partial charge in [-0.15, -0.1) is 0 Å². The highest BCUT2D eigenvalue weighted by Crippen LogP contribution is 2.21. The molecule has 1 heterocycles. The summed E-state index contributed by atoms with van der Waals surface area (Å²) < 4.78 is 5.36. The molecule has 0 aliphatic rings. The van der Waals surface area contributed by atoms with Crippen molar-refractivity contribution in [2.24, 2.45) is 0 Å². The van der Waals surface area contributed by atoms with Crippen molar-refractivity contribution in [3.63, 3.8) is 0 Å². The molecule has 1 aromatic carbocycles. The molecule has 3 heteroatoms. The fourth-order valence-electron chi connectivity index (χ4n) is 1.87. The Morgan fingerprint density at radius 3 is 2.65 bits per heavy atom. The molecule has 0 spiro atoms. The van der Waals surface area contributed by atoms with E-state index < -0.39 is 0 Å². The minimum atomic E-state index is 0.0981. The average Bonchev–Trinajstić information content (AvgIpc) is 3.02. The largest absolute Gasteiger partial charge is 0.464 e. The van der Waals surface area contributed by atoms with Gasteiger partial charge < -0.3 is 9.73 Å². The van der Waals surface area contributed by atoms with Crippen molar-refractivity contribution in [2.75, 3.05) is 6.54 Å². The van der Waals surface area contributed by atoms with E-state index in [2.05, 4.69) is 11.4 Å². The number of amides is 1. The highest BCUT2D eigenvalue weighted by atomic mass is 16.3. The zero-order valence-corrected chi connectivity index (χ0v) is 12.5. The first kappa shape index (κ1) is 16.0. The van der Waals surface area contributed by atoms with Gasteiger partial charge >= 0.3 is 0 Å². The number of hydrogen-bond acceptors (Lipinski definition) is 2. The van der Waals surface area contributed by atoms with E-state index in [1.54, 1.807) is 6.26 Å². The zero-order chi connectivity index (χ0) is 14.8. The van der Waals surface area contributed by atoms with Gasteiger partial charge in [0.1, 0.15) is 5.76 Å². The van der Waals surface area contributed by atoms with Crippen LogP contribution in [-0.4, -0.2) is 12.5 Å². The third-order valence-electron chi connectivity index (χ3n) is 2.75. The molecule has 0 radical (unpaired) electrons. The van der Waals surface area contributed by atoms with Crippen LogP contribution in [0.25, 0.3) is 11.3 Å². The Morgan fingerprint density at radius 2 is 2.00 bits per heavy atom. The number of furan rings is 1. The molecule has 0 atom stereocenters. The lowest BCUT2D eigenvalue weighted by Crippen LogP contribution is -2.22. The van der Waals surface area contributed by atoms with Crippen LogP contribution in [0, 0.1) is 0 Å². The van der Waals surface area contributed by atoms with Gasteiger partial charge in [0.25, 0.3) is 0 Å². The Labute approximate surface area is 121 Å². The SMILES string of the molecule is CC.CCNC(=O)CCc1cccc(-c2ccco2)c1. The molecule has 20 heavy (non-hydrogen) atoms. The van der Waals surface area contributed by atoms with Crippen molar-refractivity contribution in [3.8, 4) is 11.3 Å². The second-order valence-corrected chi connectivity index (χ2v) is 4.13. The molecule has 1 amide bonds. The summed E-state index contributed by atoms with van der Waals surface area (Å²) in [5.41, 5.74) is 2.20. The second-order valence-electron chi connectivity index (χ2n) is 4.13. The van der Waals surface area contributed by atoms with Crippen LogP contribution in [0.4, 0.5) is 0 Å². The van der Waals surface area contributed by atoms with Crippen LogP contribution in [0.2, 0.25) is 0 Å². The first-order valence-electron chi connectivity index (χ1n) is 7.19. The van der Waals surface area contributed by atoms with Crippen LogP contribution in [-0.2, 0) is 11.2 Å². The number of benzene rings is 1. The van der Waals surface area contributed by atoms with E-state index in [1.807, 2.05) is 51.1 Å². The molecular weight excluding hydrogens is 250 g/mol. The number of hydrogen-bond donors (Lipinski definition) is 1. The van der Waals surface area contributed by atoms with Crippen LogP contribution in [0.1, 0.15) is 32.8 Å². The Morgan fingerprint density at radius 1 is 1.20 bits per heavy atom. The predicted octanol–water partition coefficient (Wildman–Crippen LogP) is 4.04. The number of aryl methyl sites for hydroxylation is 1. The van der Waals surface area contributed by atoms with Gasteiger partial charge in [0, 0.05) is 18.5 Å². The van der Waals surface area contributed by atoms with Crippen LogP contribution in [0.15, 0.2) is 47.1 Å².